The summed E-state index contributed by atoms with van der Waals surface area (Å²) < 4.78 is 29.3. The molecule has 2 heterocycles. The Morgan fingerprint density at radius 1 is 1.13 bits per heavy atom. The smallest absolute Gasteiger partial charge is 0.219 e. The molecule has 0 spiro atoms. The Hall–Kier alpha value is -3.39. The van der Waals surface area contributed by atoms with Crippen LogP contribution < -0.4 is 15.4 Å². The number of furan rings is 1. The van der Waals surface area contributed by atoms with E-state index < -0.39 is 0 Å². The number of nitrogens with one attached hydrogen (secondary N) is 2. The zero-order valence-electron chi connectivity index (χ0n) is 16.8. The van der Waals surface area contributed by atoms with Gasteiger partial charge in [-0.3, -0.25) is 4.99 Å². The van der Waals surface area contributed by atoms with E-state index in [0.717, 1.165) is 24.3 Å². The molecule has 0 saturated heterocycles. The maximum Gasteiger partial charge on any atom is 0.219 e. The van der Waals surface area contributed by atoms with Crippen LogP contribution in [0.4, 0.5) is 4.39 Å². The number of nitrogens with zero attached hydrogens (tertiary/aromatic N) is 2. The molecular formula is C22H25FN4O3. The molecule has 0 aliphatic carbocycles. The Morgan fingerprint density at radius 2 is 2.00 bits per heavy atom. The van der Waals surface area contributed by atoms with E-state index in [-0.39, 0.29) is 5.82 Å². The number of aliphatic imine (C=N–C) groups is 1. The number of pyridine rings is 1. The Morgan fingerprint density at radius 3 is 2.70 bits per heavy atom. The van der Waals surface area contributed by atoms with Crippen molar-refractivity contribution in [3.8, 4) is 11.6 Å². The van der Waals surface area contributed by atoms with E-state index in [2.05, 4.69) is 20.6 Å². The maximum atomic E-state index is 12.9. The fraction of sp³-hybridized carbons (Fsp3) is 0.273. The number of rotatable bonds is 10. The molecule has 2 N–H and O–H groups in total. The fourth-order valence-electron chi connectivity index (χ4n) is 2.55. The topological polar surface area (TPSA) is 80.9 Å². The van der Waals surface area contributed by atoms with Crippen LogP contribution in [0.3, 0.4) is 0 Å². The minimum Gasteiger partial charge on any atom is -0.467 e. The Balaban J connectivity index is 1.33. The zero-order chi connectivity index (χ0) is 21.0. The molecule has 0 unspecified atom stereocenters. The summed E-state index contributed by atoms with van der Waals surface area (Å²) in [5.74, 6) is 2.20. The first-order valence-electron chi connectivity index (χ1n) is 9.66. The number of halogens is 1. The second-order valence-electron chi connectivity index (χ2n) is 6.40. The number of aromatic nitrogens is 1. The predicted molar refractivity (Wildman–Crippen MR) is 112 cm³/mol. The van der Waals surface area contributed by atoms with Crippen molar-refractivity contribution in [1.82, 2.24) is 15.6 Å². The van der Waals surface area contributed by atoms with Crippen LogP contribution in [-0.4, -0.2) is 31.1 Å². The Labute approximate surface area is 175 Å². The van der Waals surface area contributed by atoms with Crippen molar-refractivity contribution in [2.45, 2.75) is 19.6 Å². The molecule has 0 bridgehead atoms. The quantitative estimate of drug-likeness (QED) is 0.299. The van der Waals surface area contributed by atoms with Crippen molar-refractivity contribution in [3.05, 3.63) is 78.1 Å². The van der Waals surface area contributed by atoms with E-state index in [9.17, 15) is 4.39 Å². The highest BCUT2D eigenvalue weighted by molar-refractivity contribution is 5.79. The van der Waals surface area contributed by atoms with Gasteiger partial charge in [-0.15, -0.1) is 0 Å². The van der Waals surface area contributed by atoms with E-state index in [4.69, 9.17) is 13.9 Å². The molecule has 3 aromatic rings. The lowest BCUT2D eigenvalue weighted by Crippen LogP contribution is -2.37. The standard InChI is InChI=1S/C22H25FN4O3/c1-24-22(25-11-3-12-28-16-20-4-2-13-29-20)27-15-17-5-10-21(26-14-17)30-19-8-6-18(23)7-9-19/h2,4-10,13-14H,3,11-12,15-16H2,1H3,(H2,24,25,27). The Kier molecular flexibility index (Phi) is 8.23. The normalized spacial score (nSPS) is 11.3. The van der Waals surface area contributed by atoms with Gasteiger partial charge in [0.1, 0.15) is 23.9 Å². The van der Waals surface area contributed by atoms with Crippen molar-refractivity contribution in [2.75, 3.05) is 20.2 Å². The minimum absolute atomic E-state index is 0.305. The van der Waals surface area contributed by atoms with Gasteiger partial charge in [0.2, 0.25) is 5.88 Å². The number of hydrogen-bond donors (Lipinski definition) is 2. The van der Waals surface area contributed by atoms with Crippen LogP contribution in [0.15, 0.2) is 70.4 Å². The summed E-state index contributed by atoms with van der Waals surface area (Å²) in [6, 6.07) is 13.2. The summed E-state index contributed by atoms with van der Waals surface area (Å²) in [5.41, 5.74) is 0.978. The average Bonchev–Trinajstić information content (AvgIpc) is 3.29. The van der Waals surface area contributed by atoms with E-state index in [1.165, 1.54) is 12.1 Å². The number of benzene rings is 1. The van der Waals surface area contributed by atoms with Gasteiger partial charge in [-0.1, -0.05) is 6.07 Å². The summed E-state index contributed by atoms with van der Waals surface area (Å²) >= 11 is 0. The molecule has 158 valence electrons. The van der Waals surface area contributed by atoms with Crippen molar-refractivity contribution in [3.63, 3.8) is 0 Å². The number of guanidine groups is 1. The molecule has 0 aliphatic heterocycles. The molecule has 0 radical (unpaired) electrons. The first-order chi connectivity index (χ1) is 14.7. The van der Waals surface area contributed by atoms with Gasteiger partial charge < -0.3 is 24.5 Å². The van der Waals surface area contributed by atoms with Crippen molar-refractivity contribution < 1.29 is 18.3 Å². The third-order valence-electron chi connectivity index (χ3n) is 4.10. The summed E-state index contributed by atoms with van der Waals surface area (Å²) in [6.45, 7) is 2.41. The highest BCUT2D eigenvalue weighted by Gasteiger charge is 2.02. The minimum atomic E-state index is -0.305. The van der Waals surface area contributed by atoms with Gasteiger partial charge in [-0.2, -0.15) is 0 Å². The maximum absolute atomic E-state index is 12.9. The molecule has 0 saturated carbocycles. The molecule has 0 aliphatic rings. The third-order valence-corrected chi connectivity index (χ3v) is 4.10. The van der Waals surface area contributed by atoms with Crippen LogP contribution in [0.5, 0.6) is 11.6 Å². The molecular weight excluding hydrogens is 387 g/mol. The first kappa shape index (κ1) is 21.3. The largest absolute Gasteiger partial charge is 0.467 e. The highest BCUT2D eigenvalue weighted by Crippen LogP contribution is 2.19. The summed E-state index contributed by atoms with van der Waals surface area (Å²) in [5, 5.41) is 6.48. The molecule has 2 aromatic heterocycles. The monoisotopic (exact) mass is 412 g/mol. The van der Waals surface area contributed by atoms with E-state index in [1.807, 2.05) is 18.2 Å². The van der Waals surface area contributed by atoms with Gasteiger partial charge in [0.25, 0.3) is 0 Å². The lowest BCUT2D eigenvalue weighted by molar-refractivity contribution is 0.105. The van der Waals surface area contributed by atoms with Crippen molar-refractivity contribution >= 4 is 5.96 Å². The number of hydrogen-bond acceptors (Lipinski definition) is 5. The van der Waals surface area contributed by atoms with Crippen LogP contribution in [0, 0.1) is 5.82 Å². The molecule has 0 atom stereocenters. The van der Waals surface area contributed by atoms with Gasteiger partial charge in [0.05, 0.1) is 6.26 Å². The lowest BCUT2D eigenvalue weighted by Gasteiger charge is -2.12. The van der Waals surface area contributed by atoms with Crippen LogP contribution in [0.2, 0.25) is 0 Å². The SMILES string of the molecule is CN=C(NCCCOCc1ccco1)NCc1ccc(Oc2ccc(F)cc2)nc1. The van der Waals surface area contributed by atoms with E-state index >= 15 is 0 Å². The average molecular weight is 412 g/mol. The second kappa shape index (κ2) is 11.6. The predicted octanol–water partition coefficient (Wildman–Crippen LogP) is 3.88. The molecule has 8 heteroatoms. The van der Waals surface area contributed by atoms with Crippen molar-refractivity contribution in [1.29, 1.82) is 0 Å². The lowest BCUT2D eigenvalue weighted by atomic mass is 10.3. The molecule has 0 fully saturated rings. The molecule has 30 heavy (non-hydrogen) atoms. The van der Waals surface area contributed by atoms with Crippen LogP contribution in [0.25, 0.3) is 0 Å². The van der Waals surface area contributed by atoms with Gasteiger partial charge in [0.15, 0.2) is 5.96 Å². The first-order valence-corrected chi connectivity index (χ1v) is 9.66. The van der Waals surface area contributed by atoms with Crippen LogP contribution in [0.1, 0.15) is 17.7 Å². The van der Waals surface area contributed by atoms with Gasteiger partial charge in [-0.25, -0.2) is 9.37 Å². The molecule has 0 amide bonds. The molecule has 1 aromatic carbocycles. The van der Waals surface area contributed by atoms with Gasteiger partial charge >= 0.3 is 0 Å². The van der Waals surface area contributed by atoms with E-state index in [1.54, 1.807) is 37.7 Å². The summed E-state index contributed by atoms with van der Waals surface area (Å²) in [4.78, 5) is 8.48. The van der Waals surface area contributed by atoms with Crippen LogP contribution in [-0.2, 0) is 17.9 Å². The second-order valence-corrected chi connectivity index (χ2v) is 6.40. The highest BCUT2D eigenvalue weighted by atomic mass is 19.1. The summed E-state index contributed by atoms with van der Waals surface area (Å²) in [6.07, 6.45) is 4.21. The van der Waals surface area contributed by atoms with Gasteiger partial charge in [0, 0.05) is 39.0 Å². The zero-order valence-corrected chi connectivity index (χ0v) is 16.8. The van der Waals surface area contributed by atoms with E-state index in [0.29, 0.717) is 37.3 Å². The van der Waals surface area contributed by atoms with Crippen LogP contribution >= 0.6 is 0 Å². The Bertz CT molecular complexity index is 897. The summed E-state index contributed by atoms with van der Waals surface area (Å²) in [7, 11) is 1.72. The van der Waals surface area contributed by atoms with Crippen molar-refractivity contribution in [2.24, 2.45) is 4.99 Å². The fourth-order valence-corrected chi connectivity index (χ4v) is 2.55. The molecule has 3 rings (SSSR count). The molecule has 7 nitrogen and oxygen atoms in total. The van der Waals surface area contributed by atoms with Gasteiger partial charge in [-0.05, 0) is 48.4 Å². The number of ether oxygens (including phenoxy) is 2. The third kappa shape index (κ3) is 7.21.